The number of phenols is 2. The molecule has 0 aliphatic rings. The van der Waals surface area contributed by atoms with E-state index in [1.807, 2.05) is 21.1 Å². The van der Waals surface area contributed by atoms with Crippen molar-refractivity contribution in [1.82, 2.24) is 5.43 Å². The average Bonchev–Trinajstić information content (AvgIpc) is 2.20. The molecular weight excluding hydrogens is 234 g/mol. The van der Waals surface area contributed by atoms with Crippen LogP contribution in [0.5, 0.6) is 11.5 Å². The van der Waals surface area contributed by atoms with Crippen LogP contribution in [0, 0.1) is 0 Å². The number of benzene rings is 1. The van der Waals surface area contributed by atoms with Crippen molar-refractivity contribution < 1.29 is 19.5 Å². The maximum Gasteiger partial charge on any atom is 0.295 e. The van der Waals surface area contributed by atoms with Crippen LogP contribution in [0.25, 0.3) is 0 Å². The number of phenolic OH excluding ortho intramolecular Hbond substituents is 2. The summed E-state index contributed by atoms with van der Waals surface area (Å²) in [5, 5.41) is 22.1. The van der Waals surface area contributed by atoms with Crippen LogP contribution in [0.1, 0.15) is 5.56 Å². The SMILES string of the molecule is C[N+](C)(C)CC(=O)N/N=C/c1ccc(O)c(O)c1. The summed E-state index contributed by atoms with van der Waals surface area (Å²) in [4.78, 5) is 11.4. The fourth-order valence-corrected chi connectivity index (χ4v) is 1.27. The second-order valence-electron chi connectivity index (χ2n) is 4.99. The van der Waals surface area contributed by atoms with Gasteiger partial charge in [-0.25, -0.2) is 5.43 Å². The van der Waals surface area contributed by atoms with Crippen LogP contribution in [-0.4, -0.2) is 54.5 Å². The predicted octanol–water partition coefficient (Wildman–Crippen LogP) is 0.254. The highest BCUT2D eigenvalue weighted by Gasteiger charge is 2.12. The van der Waals surface area contributed by atoms with Gasteiger partial charge in [0.1, 0.15) is 0 Å². The maximum absolute atomic E-state index is 11.4. The lowest BCUT2D eigenvalue weighted by molar-refractivity contribution is -0.862. The van der Waals surface area contributed by atoms with Crippen molar-refractivity contribution in [2.45, 2.75) is 0 Å². The molecule has 98 valence electrons. The van der Waals surface area contributed by atoms with Crippen molar-refractivity contribution in [2.24, 2.45) is 5.10 Å². The number of carbonyl (C=O) groups excluding carboxylic acids is 1. The molecule has 6 nitrogen and oxygen atoms in total. The third-order valence-corrected chi connectivity index (χ3v) is 2.02. The molecule has 3 N–H and O–H groups in total. The number of nitrogens with zero attached hydrogens (tertiary/aromatic N) is 2. The molecule has 0 atom stereocenters. The van der Waals surface area contributed by atoms with E-state index in [2.05, 4.69) is 10.5 Å². The highest BCUT2D eigenvalue weighted by atomic mass is 16.3. The molecule has 0 aliphatic heterocycles. The minimum Gasteiger partial charge on any atom is -0.504 e. The zero-order valence-corrected chi connectivity index (χ0v) is 10.7. The lowest BCUT2D eigenvalue weighted by atomic mass is 10.2. The van der Waals surface area contributed by atoms with Gasteiger partial charge in [0, 0.05) is 0 Å². The molecule has 6 heteroatoms. The van der Waals surface area contributed by atoms with E-state index in [0.29, 0.717) is 16.6 Å². The van der Waals surface area contributed by atoms with E-state index in [1.165, 1.54) is 18.3 Å². The number of hydrazone groups is 1. The summed E-state index contributed by atoms with van der Waals surface area (Å²) in [5.41, 5.74) is 2.97. The molecule has 0 spiro atoms. The molecule has 1 aromatic rings. The van der Waals surface area contributed by atoms with Crippen molar-refractivity contribution in [3.05, 3.63) is 23.8 Å². The minimum atomic E-state index is -0.225. The van der Waals surface area contributed by atoms with Crippen LogP contribution in [0.2, 0.25) is 0 Å². The van der Waals surface area contributed by atoms with Crippen molar-refractivity contribution in [1.29, 1.82) is 0 Å². The van der Waals surface area contributed by atoms with Crippen LogP contribution < -0.4 is 5.43 Å². The molecule has 18 heavy (non-hydrogen) atoms. The molecule has 0 aliphatic carbocycles. The van der Waals surface area contributed by atoms with E-state index in [0.717, 1.165) is 0 Å². The molecule has 1 rings (SSSR count). The number of nitrogens with one attached hydrogen (secondary N) is 1. The number of carbonyl (C=O) groups is 1. The predicted molar refractivity (Wildman–Crippen MR) is 68.4 cm³/mol. The Hall–Kier alpha value is -2.08. The van der Waals surface area contributed by atoms with Gasteiger partial charge in [-0.3, -0.25) is 4.79 Å². The molecule has 0 bridgehead atoms. The summed E-state index contributed by atoms with van der Waals surface area (Å²) < 4.78 is 0.515. The highest BCUT2D eigenvalue weighted by molar-refractivity contribution is 5.83. The third kappa shape index (κ3) is 4.84. The van der Waals surface area contributed by atoms with E-state index < -0.39 is 0 Å². The van der Waals surface area contributed by atoms with Gasteiger partial charge in [0.15, 0.2) is 18.0 Å². The van der Waals surface area contributed by atoms with Gasteiger partial charge in [-0.05, 0) is 23.8 Å². The van der Waals surface area contributed by atoms with Gasteiger partial charge in [-0.15, -0.1) is 0 Å². The second kappa shape index (κ2) is 5.50. The molecule has 0 fully saturated rings. The smallest absolute Gasteiger partial charge is 0.295 e. The first kappa shape index (κ1) is 14.0. The quantitative estimate of drug-likeness (QED) is 0.311. The Labute approximate surface area is 106 Å². The molecule has 0 radical (unpaired) electrons. The molecule has 0 aromatic heterocycles. The fourth-order valence-electron chi connectivity index (χ4n) is 1.27. The van der Waals surface area contributed by atoms with Crippen molar-refractivity contribution in [3.8, 4) is 11.5 Å². The topological polar surface area (TPSA) is 81.9 Å². The first-order valence-corrected chi connectivity index (χ1v) is 5.42. The zero-order chi connectivity index (χ0) is 13.8. The fraction of sp³-hybridized carbons (Fsp3) is 0.333. The highest BCUT2D eigenvalue weighted by Crippen LogP contribution is 2.23. The molecule has 1 aromatic carbocycles. The van der Waals surface area contributed by atoms with E-state index >= 15 is 0 Å². The van der Waals surface area contributed by atoms with Crippen LogP contribution in [0.3, 0.4) is 0 Å². The average molecular weight is 252 g/mol. The van der Waals surface area contributed by atoms with E-state index in [-0.39, 0.29) is 17.4 Å². The Bertz CT molecular complexity index is 464. The van der Waals surface area contributed by atoms with Gasteiger partial charge in [0.2, 0.25) is 0 Å². The van der Waals surface area contributed by atoms with Crippen molar-refractivity contribution in [3.63, 3.8) is 0 Å². The first-order chi connectivity index (χ1) is 8.28. The van der Waals surface area contributed by atoms with Gasteiger partial charge in [-0.1, -0.05) is 0 Å². The van der Waals surface area contributed by atoms with E-state index in [1.54, 1.807) is 6.07 Å². The third-order valence-electron chi connectivity index (χ3n) is 2.02. The molecule has 0 unspecified atom stereocenters. The Morgan fingerprint density at radius 3 is 2.56 bits per heavy atom. The molecule has 0 heterocycles. The van der Waals surface area contributed by atoms with Gasteiger partial charge in [-0.2, -0.15) is 5.10 Å². The molecule has 0 saturated heterocycles. The summed E-state index contributed by atoms with van der Waals surface area (Å²) in [6.07, 6.45) is 1.40. The minimum absolute atomic E-state index is 0.193. The van der Waals surface area contributed by atoms with E-state index in [9.17, 15) is 9.90 Å². The number of hydrogen-bond acceptors (Lipinski definition) is 4. The van der Waals surface area contributed by atoms with Crippen LogP contribution in [-0.2, 0) is 4.79 Å². The normalized spacial score (nSPS) is 11.7. The number of rotatable bonds is 4. The molecule has 1 amide bonds. The number of likely N-dealkylation sites (N-methyl/N-ethyl adjacent to an activating group) is 1. The Kier molecular flexibility index (Phi) is 4.28. The number of hydrogen-bond donors (Lipinski definition) is 3. The zero-order valence-electron chi connectivity index (χ0n) is 10.7. The summed E-state index contributed by atoms with van der Waals surface area (Å²) in [7, 11) is 5.71. The van der Waals surface area contributed by atoms with Gasteiger partial charge >= 0.3 is 0 Å². The van der Waals surface area contributed by atoms with Crippen LogP contribution in [0.15, 0.2) is 23.3 Å². The van der Waals surface area contributed by atoms with Gasteiger partial charge in [0.05, 0.1) is 27.4 Å². The maximum atomic E-state index is 11.4. The van der Waals surface area contributed by atoms with Crippen molar-refractivity contribution >= 4 is 12.1 Å². The summed E-state index contributed by atoms with van der Waals surface area (Å²) in [6.45, 7) is 0.318. The second-order valence-corrected chi connectivity index (χ2v) is 4.99. The monoisotopic (exact) mass is 252 g/mol. The standard InChI is InChI=1S/C12H17N3O3/c1-15(2,3)8-12(18)14-13-7-9-4-5-10(16)11(17)6-9/h4-7H,8H2,1-3H3,(H2-,13,14,16,17,18)/p+1. The van der Waals surface area contributed by atoms with Gasteiger partial charge < -0.3 is 14.7 Å². The van der Waals surface area contributed by atoms with Crippen LogP contribution in [0.4, 0.5) is 0 Å². The molecule has 0 saturated carbocycles. The number of quaternary nitrogens is 1. The number of aromatic hydroxyl groups is 2. The Balaban J connectivity index is 2.55. The first-order valence-electron chi connectivity index (χ1n) is 5.42. The Morgan fingerprint density at radius 2 is 2.00 bits per heavy atom. The summed E-state index contributed by atoms with van der Waals surface area (Å²) in [5.74, 6) is -0.611. The van der Waals surface area contributed by atoms with Crippen molar-refractivity contribution in [2.75, 3.05) is 27.7 Å². The number of amides is 1. The largest absolute Gasteiger partial charge is 0.504 e. The van der Waals surface area contributed by atoms with Crippen LogP contribution >= 0.6 is 0 Å². The summed E-state index contributed by atoms with van der Waals surface area (Å²) >= 11 is 0. The van der Waals surface area contributed by atoms with Gasteiger partial charge in [0.25, 0.3) is 5.91 Å². The summed E-state index contributed by atoms with van der Waals surface area (Å²) in [6, 6.07) is 4.28. The lowest BCUT2D eigenvalue weighted by Crippen LogP contribution is -2.43. The Morgan fingerprint density at radius 1 is 1.33 bits per heavy atom. The van der Waals surface area contributed by atoms with E-state index in [4.69, 9.17) is 5.11 Å². The lowest BCUT2D eigenvalue weighted by Gasteiger charge is -2.21. The molecular formula is C12H18N3O3+.